The molecule has 0 spiro atoms. The van der Waals surface area contributed by atoms with E-state index in [0.29, 0.717) is 6.42 Å². The maximum absolute atomic E-state index is 13.0. The molecule has 1 heterocycles. The van der Waals surface area contributed by atoms with Crippen LogP contribution in [-0.2, 0) is 15.0 Å². The summed E-state index contributed by atoms with van der Waals surface area (Å²) in [4.78, 5) is 26.4. The zero-order chi connectivity index (χ0) is 15.5. The smallest absolute Gasteiger partial charge is 0.232 e. The number of benzene rings is 1. The first-order valence-corrected chi connectivity index (χ1v) is 7.79. The van der Waals surface area contributed by atoms with Gasteiger partial charge in [0.1, 0.15) is 5.78 Å². The Bertz CT molecular complexity index is 507. The van der Waals surface area contributed by atoms with E-state index in [0.717, 1.165) is 31.4 Å². The van der Waals surface area contributed by atoms with Crippen molar-refractivity contribution in [3.8, 4) is 0 Å². The van der Waals surface area contributed by atoms with Gasteiger partial charge in [0, 0.05) is 19.0 Å². The quantitative estimate of drug-likeness (QED) is 0.852. The minimum Gasteiger partial charge on any atom is -0.339 e. The van der Waals surface area contributed by atoms with Crippen molar-refractivity contribution >= 4 is 11.7 Å². The molecular formula is C18H25NO2. The summed E-state index contributed by atoms with van der Waals surface area (Å²) in [5, 5.41) is 0. The van der Waals surface area contributed by atoms with E-state index in [-0.39, 0.29) is 17.7 Å². The number of nitrogens with zero attached hydrogens (tertiary/aromatic N) is 1. The molecule has 0 bridgehead atoms. The van der Waals surface area contributed by atoms with Crippen LogP contribution in [0.15, 0.2) is 30.3 Å². The van der Waals surface area contributed by atoms with E-state index in [9.17, 15) is 9.59 Å². The maximum Gasteiger partial charge on any atom is 0.232 e. The standard InChI is InChI=1S/C18H25NO2/c1-14(20)13-16-11-7-8-12-19(16)17(21)18(2,3)15-9-5-4-6-10-15/h4-6,9-10,16H,7-8,11-13H2,1-3H3. The van der Waals surface area contributed by atoms with Gasteiger partial charge in [-0.15, -0.1) is 0 Å². The third kappa shape index (κ3) is 3.52. The zero-order valence-corrected chi connectivity index (χ0v) is 13.3. The summed E-state index contributed by atoms with van der Waals surface area (Å²) in [7, 11) is 0. The van der Waals surface area contributed by atoms with E-state index < -0.39 is 5.41 Å². The van der Waals surface area contributed by atoms with Gasteiger partial charge < -0.3 is 4.90 Å². The molecule has 114 valence electrons. The average Bonchev–Trinajstić information content (AvgIpc) is 2.47. The average molecular weight is 287 g/mol. The minimum absolute atomic E-state index is 0.0757. The summed E-state index contributed by atoms with van der Waals surface area (Å²) in [6.45, 7) is 6.33. The lowest BCUT2D eigenvalue weighted by molar-refractivity contribution is -0.140. The van der Waals surface area contributed by atoms with Crippen LogP contribution in [0.5, 0.6) is 0 Å². The second kappa shape index (κ2) is 6.42. The van der Waals surface area contributed by atoms with E-state index >= 15 is 0 Å². The van der Waals surface area contributed by atoms with Crippen LogP contribution in [0, 0.1) is 0 Å². The van der Waals surface area contributed by atoms with Crippen molar-refractivity contribution in [2.75, 3.05) is 6.54 Å². The van der Waals surface area contributed by atoms with E-state index in [4.69, 9.17) is 0 Å². The number of carbonyl (C=O) groups excluding carboxylic acids is 2. The van der Waals surface area contributed by atoms with E-state index in [1.807, 2.05) is 49.1 Å². The highest BCUT2D eigenvalue weighted by atomic mass is 16.2. The van der Waals surface area contributed by atoms with Crippen LogP contribution >= 0.6 is 0 Å². The number of carbonyl (C=O) groups is 2. The highest BCUT2D eigenvalue weighted by Crippen LogP contribution is 2.30. The molecule has 1 aromatic carbocycles. The predicted octanol–water partition coefficient (Wildman–Crippen LogP) is 3.32. The van der Waals surface area contributed by atoms with Gasteiger partial charge in [0.25, 0.3) is 0 Å². The Labute approximate surface area is 127 Å². The molecule has 1 aliphatic rings. The normalized spacial score (nSPS) is 19.4. The number of rotatable bonds is 4. The molecule has 1 atom stereocenters. The third-order valence-corrected chi connectivity index (χ3v) is 4.44. The van der Waals surface area contributed by atoms with Gasteiger partial charge in [-0.05, 0) is 45.6 Å². The van der Waals surface area contributed by atoms with E-state index in [2.05, 4.69) is 0 Å². The second-order valence-corrected chi connectivity index (χ2v) is 6.55. The Hall–Kier alpha value is -1.64. The highest BCUT2D eigenvalue weighted by molar-refractivity contribution is 5.88. The van der Waals surface area contributed by atoms with Crippen molar-refractivity contribution in [3.63, 3.8) is 0 Å². The number of hydrogen-bond acceptors (Lipinski definition) is 2. The van der Waals surface area contributed by atoms with Crippen molar-refractivity contribution in [2.45, 2.75) is 57.9 Å². The lowest BCUT2D eigenvalue weighted by atomic mass is 9.81. The van der Waals surface area contributed by atoms with Crippen LogP contribution in [-0.4, -0.2) is 29.2 Å². The summed E-state index contributed by atoms with van der Waals surface area (Å²) >= 11 is 0. The van der Waals surface area contributed by atoms with Crippen molar-refractivity contribution in [3.05, 3.63) is 35.9 Å². The fourth-order valence-electron chi connectivity index (χ4n) is 3.15. The maximum atomic E-state index is 13.0. The number of ketones is 1. The van der Waals surface area contributed by atoms with Crippen LogP contribution < -0.4 is 0 Å². The highest BCUT2D eigenvalue weighted by Gasteiger charge is 2.37. The SMILES string of the molecule is CC(=O)CC1CCCCN1C(=O)C(C)(C)c1ccccc1. The molecule has 3 nitrogen and oxygen atoms in total. The van der Waals surface area contributed by atoms with E-state index in [1.165, 1.54) is 0 Å². The Balaban J connectivity index is 2.22. The van der Waals surface area contributed by atoms with Crippen LogP contribution in [0.25, 0.3) is 0 Å². The van der Waals surface area contributed by atoms with Gasteiger partial charge >= 0.3 is 0 Å². The third-order valence-electron chi connectivity index (χ3n) is 4.44. The molecule has 0 N–H and O–H groups in total. The Kier molecular flexibility index (Phi) is 4.81. The molecule has 1 amide bonds. The molecule has 1 unspecified atom stereocenters. The number of likely N-dealkylation sites (tertiary alicyclic amines) is 1. The molecular weight excluding hydrogens is 262 g/mol. The van der Waals surface area contributed by atoms with Gasteiger partial charge in [-0.1, -0.05) is 30.3 Å². The minimum atomic E-state index is -0.548. The second-order valence-electron chi connectivity index (χ2n) is 6.55. The predicted molar refractivity (Wildman–Crippen MR) is 84.1 cm³/mol. The van der Waals surface area contributed by atoms with Crippen LogP contribution in [0.4, 0.5) is 0 Å². The Morgan fingerprint density at radius 3 is 2.48 bits per heavy atom. The van der Waals surface area contributed by atoms with Gasteiger partial charge in [-0.2, -0.15) is 0 Å². The number of hydrogen-bond donors (Lipinski definition) is 0. The number of piperidine rings is 1. The molecule has 0 aliphatic carbocycles. The molecule has 1 aromatic rings. The van der Waals surface area contributed by atoms with Gasteiger partial charge in [-0.3, -0.25) is 9.59 Å². The number of amides is 1. The first kappa shape index (κ1) is 15.7. The molecule has 1 saturated heterocycles. The zero-order valence-electron chi connectivity index (χ0n) is 13.3. The first-order valence-electron chi connectivity index (χ1n) is 7.79. The van der Waals surface area contributed by atoms with Crippen LogP contribution in [0.3, 0.4) is 0 Å². The van der Waals surface area contributed by atoms with Gasteiger partial charge in [0.15, 0.2) is 0 Å². The molecule has 0 radical (unpaired) electrons. The van der Waals surface area contributed by atoms with Crippen LogP contribution in [0.2, 0.25) is 0 Å². The topological polar surface area (TPSA) is 37.4 Å². The summed E-state index contributed by atoms with van der Waals surface area (Å²) < 4.78 is 0. The Morgan fingerprint density at radius 1 is 1.19 bits per heavy atom. The monoisotopic (exact) mass is 287 g/mol. The molecule has 1 aliphatic heterocycles. The summed E-state index contributed by atoms with van der Waals surface area (Å²) in [5.41, 5.74) is 0.482. The number of Topliss-reactive ketones (excluding diaryl/α,β-unsaturated/α-hetero) is 1. The van der Waals surface area contributed by atoms with Gasteiger partial charge in [0.05, 0.1) is 5.41 Å². The first-order chi connectivity index (χ1) is 9.93. The molecule has 3 heteroatoms. The van der Waals surface area contributed by atoms with Crippen molar-refractivity contribution in [1.29, 1.82) is 0 Å². The summed E-state index contributed by atoms with van der Waals surface area (Å²) in [6, 6.07) is 9.97. The van der Waals surface area contributed by atoms with Gasteiger partial charge in [-0.25, -0.2) is 0 Å². The molecule has 2 rings (SSSR count). The summed E-state index contributed by atoms with van der Waals surface area (Å²) in [6.07, 6.45) is 3.56. The van der Waals surface area contributed by atoms with Crippen molar-refractivity contribution < 1.29 is 9.59 Å². The largest absolute Gasteiger partial charge is 0.339 e. The fraction of sp³-hybridized carbons (Fsp3) is 0.556. The van der Waals surface area contributed by atoms with E-state index in [1.54, 1.807) is 6.92 Å². The lowest BCUT2D eigenvalue weighted by Gasteiger charge is -2.40. The summed E-state index contributed by atoms with van der Waals surface area (Å²) in [5.74, 6) is 0.303. The fourth-order valence-corrected chi connectivity index (χ4v) is 3.15. The van der Waals surface area contributed by atoms with Crippen molar-refractivity contribution in [2.24, 2.45) is 0 Å². The molecule has 21 heavy (non-hydrogen) atoms. The Morgan fingerprint density at radius 2 is 1.86 bits per heavy atom. The van der Waals surface area contributed by atoms with Gasteiger partial charge in [0.2, 0.25) is 5.91 Å². The molecule has 1 fully saturated rings. The van der Waals surface area contributed by atoms with Crippen LogP contribution in [0.1, 0.15) is 52.0 Å². The molecule has 0 aromatic heterocycles. The van der Waals surface area contributed by atoms with Crippen molar-refractivity contribution in [1.82, 2.24) is 4.90 Å². The molecule has 0 saturated carbocycles. The lowest BCUT2D eigenvalue weighted by Crippen LogP contribution is -2.51.